The number of rotatable bonds is 40. The van der Waals surface area contributed by atoms with Gasteiger partial charge in [-0.05, 0) is 140 Å². The fourth-order valence-corrected chi connectivity index (χ4v) is 13.9. The van der Waals surface area contributed by atoms with Gasteiger partial charge in [0.2, 0.25) is 29.5 Å². The number of halogens is 1. The van der Waals surface area contributed by atoms with Gasteiger partial charge in [-0.15, -0.1) is 0 Å². The molecule has 11 atom stereocenters. The monoisotopic (exact) mass is 1650 g/mol. The molecule has 2 aromatic carbocycles. The predicted octanol–water partition coefficient (Wildman–Crippen LogP) is 7.81. The number of phosphoric ester groups is 2. The number of nitrogens with one attached hydrogen (secondary N) is 6. The maximum absolute atomic E-state index is 14.4. The van der Waals surface area contributed by atoms with Crippen molar-refractivity contribution in [1.82, 2.24) is 41.7 Å². The second kappa shape index (κ2) is 51.4. The van der Waals surface area contributed by atoms with Gasteiger partial charge in [-0.1, -0.05) is 95.5 Å². The normalized spacial score (nSPS) is 22.5. The third-order valence-electron chi connectivity index (χ3n) is 18.9. The minimum atomic E-state index is -5.13. The van der Waals surface area contributed by atoms with E-state index in [0.29, 0.717) is 79.7 Å². The standard InChI is InChI=1S/C77H119ClN8O25P2/c1-13-51(5)67-72(92)83-56(10)76(96)110-69(52(6)14-2)54(8)63(24-18-21-53(7)75(95)108-64(47-50(3)4)71(91)82-55(9)73(93)86(12)62(48-57-25-31-61(78)32-26-57)74(94)85(11)49-66(88)84-67)109-77(97)81-34-16-15-17-37-106-112(98,99)111-113(100,101)107-38-20-35-79-65(87)33-39-102-41-43-104-45-46-105-44-42-103-40-36-80-70(90)60-29-27-59(28-30-60)68(89)58-22-19-23-58/h14,21,25-32,50-51,54-56,58,62-64,67,69H,13,15-20,22-24,33-49H2,1-12H3,(H,79,87)(H,80,90)(H,81,97)(H,82,91)(H,83,92)(H,84,88)(H,98,99)(H,100,101)/b52-14+,53-21+/t51?,54-,55-,56+,62+,63-,64+,67-,69+/m0/s1. The number of phosphoric acid groups is 2. The number of hydrogen-bond donors (Lipinski definition) is 8. The van der Waals surface area contributed by atoms with Crippen LogP contribution in [0.5, 0.6) is 0 Å². The molecule has 0 aromatic heterocycles. The van der Waals surface area contributed by atoms with E-state index < -0.39 is 137 Å². The fourth-order valence-electron chi connectivity index (χ4n) is 11.6. The Labute approximate surface area is 668 Å². The Morgan fingerprint density at radius 2 is 1.27 bits per heavy atom. The largest absolute Gasteiger partial charge is 0.481 e. The summed E-state index contributed by atoms with van der Waals surface area (Å²) in [4.78, 5) is 172. The first-order valence-electron chi connectivity index (χ1n) is 38.5. The van der Waals surface area contributed by atoms with Crippen molar-refractivity contribution in [3.8, 4) is 0 Å². The smallest absolute Gasteiger partial charge is 0.456 e. The molecule has 0 radical (unpaired) electrons. The predicted molar refractivity (Wildman–Crippen MR) is 417 cm³/mol. The number of ketones is 1. The topological polar surface area (TPSA) is 433 Å². The van der Waals surface area contributed by atoms with Crippen molar-refractivity contribution in [2.24, 2.45) is 23.7 Å². The minimum absolute atomic E-state index is 0.0117. The van der Waals surface area contributed by atoms with Crippen LogP contribution in [0.15, 0.2) is 71.8 Å². The van der Waals surface area contributed by atoms with Crippen molar-refractivity contribution in [3.63, 3.8) is 0 Å². The number of benzene rings is 2. The Bertz CT molecular complexity index is 3570. The lowest BCUT2D eigenvalue weighted by Gasteiger charge is -2.33. The van der Waals surface area contributed by atoms with Crippen LogP contribution in [0.3, 0.4) is 0 Å². The average molecular weight is 1650 g/mol. The highest BCUT2D eigenvalue weighted by Crippen LogP contribution is 2.60. The van der Waals surface area contributed by atoms with E-state index in [1.165, 1.54) is 40.9 Å². The number of carbonyl (C=O) groups excluding carboxylic acids is 11. The molecule has 0 bridgehead atoms. The van der Waals surface area contributed by atoms with Gasteiger partial charge in [0.15, 0.2) is 11.9 Å². The highest BCUT2D eigenvalue weighted by atomic mass is 35.5. The number of allylic oxidation sites excluding steroid dienone is 2. The number of hydrogen-bond acceptors (Lipinski definition) is 23. The highest BCUT2D eigenvalue weighted by molar-refractivity contribution is 7.61. The number of carbonyl (C=O) groups is 11. The van der Waals surface area contributed by atoms with Gasteiger partial charge in [0.1, 0.15) is 36.4 Å². The maximum Gasteiger partial charge on any atom is 0.481 e. The van der Waals surface area contributed by atoms with Gasteiger partial charge in [-0.3, -0.25) is 47.4 Å². The molecule has 634 valence electrons. The lowest BCUT2D eigenvalue weighted by atomic mass is 9.80. The van der Waals surface area contributed by atoms with Gasteiger partial charge in [-0.25, -0.2) is 23.5 Å². The molecule has 33 nitrogen and oxygen atoms in total. The second-order valence-corrected chi connectivity index (χ2v) is 31.9. The summed E-state index contributed by atoms with van der Waals surface area (Å²) in [5.41, 5.74) is 2.32. The summed E-state index contributed by atoms with van der Waals surface area (Å²) in [5.74, 6) is -7.21. The first-order chi connectivity index (χ1) is 53.6. The summed E-state index contributed by atoms with van der Waals surface area (Å²) >= 11 is 6.17. The lowest BCUT2D eigenvalue weighted by Crippen LogP contribution is -2.57. The van der Waals surface area contributed by atoms with Crippen molar-refractivity contribution >= 4 is 92.4 Å². The number of cyclic esters (lactones) is 2. The zero-order valence-corrected chi connectivity index (χ0v) is 69.7. The first-order valence-corrected chi connectivity index (χ1v) is 41.9. The van der Waals surface area contributed by atoms with Gasteiger partial charge < -0.3 is 84.6 Å². The molecule has 2 aromatic rings. The van der Waals surface area contributed by atoms with Crippen LogP contribution in [0.2, 0.25) is 5.02 Å². The van der Waals surface area contributed by atoms with Gasteiger partial charge in [-0.2, -0.15) is 4.31 Å². The fraction of sp³-hybridized carbons (Fsp3) is 0.649. The number of esters is 2. The zero-order valence-electron chi connectivity index (χ0n) is 67.2. The van der Waals surface area contributed by atoms with E-state index in [-0.39, 0.29) is 119 Å². The molecule has 36 heteroatoms. The number of ether oxygens (including phenoxy) is 7. The quantitative estimate of drug-likeness (QED) is 0.00787. The van der Waals surface area contributed by atoms with E-state index in [1.807, 2.05) is 13.8 Å². The van der Waals surface area contributed by atoms with Crippen LogP contribution in [-0.2, 0) is 100 Å². The summed E-state index contributed by atoms with van der Waals surface area (Å²) in [6, 6.07) is 8.29. The summed E-state index contributed by atoms with van der Waals surface area (Å²) in [6.45, 7) is 17.6. The van der Waals surface area contributed by atoms with E-state index in [4.69, 9.17) is 53.8 Å². The molecule has 1 aliphatic carbocycles. The molecule has 2 aliphatic rings. The second-order valence-electron chi connectivity index (χ2n) is 28.5. The van der Waals surface area contributed by atoms with Crippen molar-refractivity contribution in [1.29, 1.82) is 0 Å². The molecule has 1 saturated carbocycles. The van der Waals surface area contributed by atoms with Gasteiger partial charge in [0, 0.05) is 80.1 Å². The first kappa shape index (κ1) is 97.8. The molecule has 1 fully saturated rings. The Kier molecular flexibility index (Phi) is 44.5. The van der Waals surface area contributed by atoms with Crippen molar-refractivity contribution < 1.29 is 118 Å². The van der Waals surface area contributed by atoms with Crippen LogP contribution in [-0.4, -0.2) is 234 Å². The molecular weight excluding hydrogens is 1530 g/mol. The Hall–Kier alpha value is -7.52. The van der Waals surface area contributed by atoms with E-state index in [1.54, 1.807) is 89.2 Å². The van der Waals surface area contributed by atoms with Crippen molar-refractivity contribution in [3.05, 3.63) is 93.5 Å². The van der Waals surface area contributed by atoms with Crippen molar-refractivity contribution in [2.45, 2.75) is 195 Å². The van der Waals surface area contributed by atoms with E-state index >= 15 is 0 Å². The molecule has 4 rings (SSSR count). The zero-order chi connectivity index (χ0) is 83.8. The Morgan fingerprint density at radius 1 is 0.690 bits per heavy atom. The number of likely N-dealkylation sites (N-methyl/N-ethyl adjacent to an activating group) is 2. The number of alkyl carbamates (subject to hydrolysis) is 1. The number of nitrogens with zero attached hydrogens (tertiary/aromatic N) is 2. The van der Waals surface area contributed by atoms with Crippen LogP contribution in [0.4, 0.5) is 4.79 Å². The summed E-state index contributed by atoms with van der Waals surface area (Å²) < 4.78 is 79.1. The van der Waals surface area contributed by atoms with Gasteiger partial charge >= 0.3 is 33.7 Å². The Balaban J connectivity index is 1.23. The average Bonchev–Trinajstić information content (AvgIpc) is 0.882. The maximum atomic E-state index is 14.4. The summed E-state index contributed by atoms with van der Waals surface area (Å²) in [7, 11) is -7.50. The van der Waals surface area contributed by atoms with Gasteiger partial charge in [0.25, 0.3) is 11.8 Å². The summed E-state index contributed by atoms with van der Waals surface area (Å²) in [5, 5.41) is 16.5. The molecule has 3 unspecified atom stereocenters. The molecule has 1 aliphatic heterocycles. The molecule has 8 N–H and O–H groups in total. The van der Waals surface area contributed by atoms with E-state index in [0.717, 1.165) is 29.1 Å². The van der Waals surface area contributed by atoms with E-state index in [2.05, 4.69) is 36.2 Å². The third-order valence-corrected chi connectivity index (χ3v) is 21.8. The number of Topliss-reactive ketones (excluding diaryl/α,β-unsaturated/α-hetero) is 1. The van der Waals surface area contributed by atoms with Gasteiger partial charge in [0.05, 0.1) is 72.6 Å². The molecular formula is C77H119ClN8O25P2. The SMILES string of the molecule is C/C=C(\C)[C@H]1OC(=O)[C@@H](C)NC(=O)[C@H](C(C)CC)NC(=O)CN(C)C(=O)[C@@H](Cc2ccc(Cl)cc2)N(C)C(=O)[C@H](C)NC(=O)[C@@H](CC(C)C)OC(=O)/C(C)=C/CC[C@H](OC(=O)NCCCCCOP(=O)(O)OP(=O)(O)OCCCNC(=O)CCOCCOCCOCCOCCNC(=O)c2ccc(C(=O)C3CCC3)cc2)[C@@H]1C. The highest BCUT2D eigenvalue weighted by Gasteiger charge is 2.39. The minimum Gasteiger partial charge on any atom is -0.456 e. The van der Waals surface area contributed by atoms with Crippen LogP contribution in [0.25, 0.3) is 0 Å². The number of unbranched alkanes of at least 4 members (excludes halogenated alkanes) is 2. The Morgan fingerprint density at radius 3 is 1.87 bits per heavy atom. The van der Waals surface area contributed by atoms with E-state index in [9.17, 15) is 71.7 Å². The van der Waals surface area contributed by atoms with Crippen LogP contribution in [0.1, 0.15) is 173 Å². The molecule has 8 amide bonds. The molecule has 0 spiro atoms. The molecule has 0 saturated heterocycles. The van der Waals surface area contributed by atoms with Crippen LogP contribution >= 0.6 is 27.2 Å². The molecule has 113 heavy (non-hydrogen) atoms. The van der Waals surface area contributed by atoms with Crippen LogP contribution in [0, 0.1) is 23.7 Å². The molecule has 1 heterocycles. The summed E-state index contributed by atoms with van der Waals surface area (Å²) in [6.07, 6.45) is 3.01. The lowest BCUT2D eigenvalue weighted by molar-refractivity contribution is -0.155. The van der Waals surface area contributed by atoms with Crippen LogP contribution < -0.4 is 31.9 Å². The van der Waals surface area contributed by atoms with Crippen molar-refractivity contribution in [2.75, 3.05) is 106 Å². The third kappa shape index (κ3) is 36.9. The number of amides is 8.